The molecule has 2 aromatic rings. The van der Waals surface area contributed by atoms with Crippen molar-refractivity contribution in [2.24, 2.45) is 0 Å². The lowest BCUT2D eigenvalue weighted by Crippen LogP contribution is -1.95. The van der Waals surface area contributed by atoms with Gasteiger partial charge in [0.15, 0.2) is 9.84 Å². The van der Waals surface area contributed by atoms with Gasteiger partial charge in [0, 0.05) is 21.6 Å². The van der Waals surface area contributed by atoms with Crippen molar-refractivity contribution in [2.45, 2.75) is 14.7 Å². The van der Waals surface area contributed by atoms with Crippen LogP contribution in [0.1, 0.15) is 10.4 Å². The molecule has 0 fully saturated rings. The average molecular weight is 310 g/mol. The van der Waals surface area contributed by atoms with Crippen molar-refractivity contribution in [2.75, 3.05) is 6.26 Å². The summed E-state index contributed by atoms with van der Waals surface area (Å²) in [5, 5.41) is 0. The number of rotatable bonds is 4. The third-order valence-electron chi connectivity index (χ3n) is 2.52. The van der Waals surface area contributed by atoms with Crippen LogP contribution in [0.3, 0.4) is 0 Å². The summed E-state index contributed by atoms with van der Waals surface area (Å²) in [6.45, 7) is 0. The average Bonchev–Trinajstić information content (AvgIpc) is 2.37. The zero-order valence-electron chi connectivity index (χ0n) is 10.5. The number of benzene rings is 2. The van der Waals surface area contributed by atoms with Gasteiger partial charge in [-0.1, -0.05) is 11.8 Å². The minimum Gasteiger partial charge on any atom is -0.298 e. The van der Waals surface area contributed by atoms with Crippen LogP contribution in [-0.2, 0) is 9.84 Å². The number of sulfone groups is 1. The molecular weight excluding hydrogens is 299 g/mol. The second-order valence-corrected chi connectivity index (χ2v) is 7.35. The minimum atomic E-state index is -3.23. The first kappa shape index (κ1) is 14.7. The van der Waals surface area contributed by atoms with Crippen LogP contribution < -0.4 is 0 Å². The van der Waals surface area contributed by atoms with Crippen LogP contribution in [0, 0.1) is 5.82 Å². The molecule has 3 nitrogen and oxygen atoms in total. The highest BCUT2D eigenvalue weighted by molar-refractivity contribution is 7.99. The van der Waals surface area contributed by atoms with Crippen molar-refractivity contribution in [1.29, 1.82) is 0 Å². The van der Waals surface area contributed by atoms with Crippen molar-refractivity contribution in [3.05, 3.63) is 53.8 Å². The molecule has 6 heteroatoms. The second kappa shape index (κ2) is 5.76. The fourth-order valence-corrected chi connectivity index (χ4v) is 3.14. The fraction of sp³-hybridized carbons (Fsp3) is 0.0714. The van der Waals surface area contributed by atoms with Gasteiger partial charge in [0.1, 0.15) is 12.1 Å². The topological polar surface area (TPSA) is 51.2 Å². The van der Waals surface area contributed by atoms with Gasteiger partial charge in [-0.2, -0.15) is 0 Å². The highest BCUT2D eigenvalue weighted by Gasteiger charge is 2.07. The van der Waals surface area contributed by atoms with Gasteiger partial charge in [0.05, 0.1) is 4.90 Å². The van der Waals surface area contributed by atoms with Crippen molar-refractivity contribution in [1.82, 2.24) is 0 Å². The van der Waals surface area contributed by atoms with Crippen LogP contribution in [0.4, 0.5) is 4.39 Å². The molecular formula is C14H11FO3S2. The van der Waals surface area contributed by atoms with Crippen molar-refractivity contribution >= 4 is 27.9 Å². The fourth-order valence-electron chi connectivity index (χ4n) is 1.60. The predicted octanol–water partition coefficient (Wildman–Crippen LogP) is 3.19. The Bertz CT molecular complexity index is 738. The standard InChI is InChI=1S/C14H11FO3S2/c1-20(17,18)14-4-2-12(3-5-14)19-13-7-10(9-16)6-11(15)8-13/h2-9H,1H3. The summed E-state index contributed by atoms with van der Waals surface area (Å²) >= 11 is 1.26. The Kier molecular flexibility index (Phi) is 4.25. The largest absolute Gasteiger partial charge is 0.298 e. The van der Waals surface area contributed by atoms with Gasteiger partial charge in [-0.05, 0) is 42.5 Å². The van der Waals surface area contributed by atoms with E-state index in [1.807, 2.05) is 0 Å². The Hall–Kier alpha value is -1.66. The summed E-state index contributed by atoms with van der Waals surface area (Å²) in [6, 6.07) is 10.3. The monoisotopic (exact) mass is 310 g/mol. The van der Waals surface area contributed by atoms with Crippen LogP contribution in [-0.4, -0.2) is 21.0 Å². The summed E-state index contributed by atoms with van der Waals surface area (Å²) in [5.41, 5.74) is 0.264. The van der Waals surface area contributed by atoms with Gasteiger partial charge in [-0.15, -0.1) is 0 Å². The van der Waals surface area contributed by atoms with Crippen LogP contribution >= 0.6 is 11.8 Å². The third-order valence-corrected chi connectivity index (χ3v) is 4.63. The Morgan fingerprint density at radius 1 is 1.05 bits per heavy atom. The molecule has 0 unspecified atom stereocenters. The molecule has 2 aromatic carbocycles. The van der Waals surface area contributed by atoms with E-state index in [4.69, 9.17) is 0 Å². The van der Waals surface area contributed by atoms with Crippen LogP contribution in [0.5, 0.6) is 0 Å². The molecule has 0 radical (unpaired) electrons. The summed E-state index contributed by atoms with van der Waals surface area (Å²) in [6.07, 6.45) is 1.72. The van der Waals surface area contributed by atoms with Gasteiger partial charge in [0.25, 0.3) is 0 Å². The smallest absolute Gasteiger partial charge is 0.175 e. The lowest BCUT2D eigenvalue weighted by molar-refractivity contribution is 0.112. The summed E-state index contributed by atoms with van der Waals surface area (Å²) in [4.78, 5) is 12.3. The van der Waals surface area contributed by atoms with Gasteiger partial charge >= 0.3 is 0 Å². The minimum absolute atomic E-state index is 0.231. The Morgan fingerprint density at radius 3 is 2.25 bits per heavy atom. The van der Waals surface area contributed by atoms with Gasteiger partial charge in [0.2, 0.25) is 0 Å². The predicted molar refractivity (Wildman–Crippen MR) is 75.5 cm³/mol. The Labute approximate surface area is 120 Å². The first-order chi connectivity index (χ1) is 9.38. The highest BCUT2D eigenvalue weighted by Crippen LogP contribution is 2.29. The molecule has 0 aliphatic heterocycles. The highest BCUT2D eigenvalue weighted by atomic mass is 32.2. The molecule has 2 rings (SSSR count). The molecule has 20 heavy (non-hydrogen) atoms. The molecule has 0 spiro atoms. The van der Waals surface area contributed by atoms with Gasteiger partial charge < -0.3 is 0 Å². The van der Waals surface area contributed by atoms with E-state index in [-0.39, 0.29) is 10.5 Å². The maximum atomic E-state index is 13.3. The number of hydrogen-bond acceptors (Lipinski definition) is 4. The van der Waals surface area contributed by atoms with Crippen molar-refractivity contribution in [3.63, 3.8) is 0 Å². The quantitative estimate of drug-likeness (QED) is 0.814. The van der Waals surface area contributed by atoms with E-state index >= 15 is 0 Å². The van der Waals surface area contributed by atoms with E-state index < -0.39 is 15.7 Å². The molecule has 0 aliphatic carbocycles. The summed E-state index contributed by atoms with van der Waals surface area (Å²) in [5.74, 6) is -0.482. The van der Waals surface area contributed by atoms with Crippen LogP contribution in [0.2, 0.25) is 0 Å². The van der Waals surface area contributed by atoms with Crippen LogP contribution in [0.15, 0.2) is 57.2 Å². The number of aldehydes is 1. The zero-order chi connectivity index (χ0) is 14.8. The molecule has 0 N–H and O–H groups in total. The Balaban J connectivity index is 2.26. The first-order valence-electron chi connectivity index (χ1n) is 5.62. The van der Waals surface area contributed by atoms with Crippen molar-refractivity contribution < 1.29 is 17.6 Å². The summed E-state index contributed by atoms with van der Waals surface area (Å²) in [7, 11) is -3.23. The van der Waals surface area contributed by atoms with Gasteiger partial charge in [-0.3, -0.25) is 4.79 Å². The van der Waals surface area contributed by atoms with E-state index in [9.17, 15) is 17.6 Å². The maximum Gasteiger partial charge on any atom is 0.175 e. The molecule has 0 atom stereocenters. The third kappa shape index (κ3) is 3.68. The number of halogens is 1. The van der Waals surface area contributed by atoms with E-state index in [0.717, 1.165) is 17.2 Å². The SMILES string of the molecule is CS(=O)(=O)c1ccc(Sc2cc(F)cc(C=O)c2)cc1. The molecule has 0 aromatic heterocycles. The van der Waals surface area contributed by atoms with E-state index in [1.165, 1.54) is 30.0 Å². The number of carbonyl (C=O) groups is 1. The molecule has 0 amide bonds. The number of carbonyl (C=O) groups excluding carboxylic acids is 1. The van der Waals surface area contributed by atoms with E-state index in [1.54, 1.807) is 18.2 Å². The van der Waals surface area contributed by atoms with E-state index in [2.05, 4.69) is 0 Å². The first-order valence-corrected chi connectivity index (χ1v) is 8.33. The normalized spacial score (nSPS) is 11.3. The lowest BCUT2D eigenvalue weighted by Gasteiger charge is -2.04. The molecule has 0 saturated carbocycles. The van der Waals surface area contributed by atoms with Crippen LogP contribution in [0.25, 0.3) is 0 Å². The van der Waals surface area contributed by atoms with Gasteiger partial charge in [-0.25, -0.2) is 12.8 Å². The Morgan fingerprint density at radius 2 is 1.70 bits per heavy atom. The number of hydrogen-bond donors (Lipinski definition) is 0. The molecule has 0 saturated heterocycles. The zero-order valence-corrected chi connectivity index (χ0v) is 12.2. The molecule has 104 valence electrons. The maximum absolute atomic E-state index is 13.3. The molecule has 0 heterocycles. The van der Waals surface area contributed by atoms with Crippen molar-refractivity contribution in [3.8, 4) is 0 Å². The molecule has 0 aliphatic rings. The lowest BCUT2D eigenvalue weighted by atomic mass is 10.2. The molecule has 0 bridgehead atoms. The summed E-state index contributed by atoms with van der Waals surface area (Å²) < 4.78 is 36.0. The second-order valence-electron chi connectivity index (χ2n) is 4.18. The van der Waals surface area contributed by atoms with E-state index in [0.29, 0.717) is 11.2 Å².